The Bertz CT molecular complexity index is 1390. The van der Waals surface area contributed by atoms with Crippen molar-refractivity contribution in [3.05, 3.63) is 36.2 Å². The molecule has 176 valence electrons. The number of nitrogens with zero attached hydrogens (tertiary/aromatic N) is 5. The number of anilines is 2. The lowest BCUT2D eigenvalue weighted by molar-refractivity contribution is -0.145. The van der Waals surface area contributed by atoms with Crippen molar-refractivity contribution in [3.8, 4) is 11.8 Å². The smallest absolute Gasteiger partial charge is 0.326 e. The average molecular weight is 466 g/mol. The molecule has 2 unspecified atom stereocenters. The lowest BCUT2D eigenvalue weighted by atomic mass is 10.1. The number of aryl methyl sites for hydroxylation is 1. The van der Waals surface area contributed by atoms with Crippen LogP contribution < -0.4 is 20.7 Å². The Morgan fingerprint density at radius 2 is 2.03 bits per heavy atom. The number of ether oxygens (including phenoxy) is 2. The molecule has 0 saturated carbocycles. The van der Waals surface area contributed by atoms with Crippen LogP contribution in [0.5, 0.6) is 11.8 Å². The maximum Gasteiger partial charge on any atom is 0.326 e. The molecular weight excluding hydrogens is 443 g/mol. The number of H-pyrrole nitrogens is 1. The molecule has 5 rings (SSSR count). The molecule has 3 aromatic heterocycles. The molecule has 0 radical (unpaired) electrons. The first-order chi connectivity index (χ1) is 16.4. The topological polar surface area (TPSA) is 144 Å². The molecule has 0 bridgehead atoms. The van der Waals surface area contributed by atoms with E-state index in [1.807, 2.05) is 4.90 Å². The highest BCUT2D eigenvalue weighted by Crippen LogP contribution is 2.38. The summed E-state index contributed by atoms with van der Waals surface area (Å²) in [6.45, 7) is 2.40. The molecule has 0 amide bonds. The molecule has 4 N–H and O–H groups in total. The molecule has 2 atom stereocenters. The van der Waals surface area contributed by atoms with Gasteiger partial charge in [0.1, 0.15) is 23.1 Å². The second kappa shape index (κ2) is 8.37. The van der Waals surface area contributed by atoms with Gasteiger partial charge >= 0.3 is 12.0 Å². The number of fused-ring (bicyclic) bond motifs is 3. The summed E-state index contributed by atoms with van der Waals surface area (Å²) in [5.74, 6) is 0.0944. The van der Waals surface area contributed by atoms with E-state index in [0.29, 0.717) is 51.6 Å². The first-order valence-electron chi connectivity index (χ1n) is 10.6. The van der Waals surface area contributed by atoms with E-state index in [1.54, 1.807) is 14.0 Å². The van der Waals surface area contributed by atoms with Gasteiger partial charge in [0.05, 0.1) is 42.0 Å². The predicted octanol–water partition coefficient (Wildman–Crippen LogP) is 2.12. The van der Waals surface area contributed by atoms with Crippen molar-refractivity contribution in [2.45, 2.75) is 13.0 Å². The lowest BCUT2D eigenvalue weighted by Crippen LogP contribution is -2.34. The number of halogens is 1. The Morgan fingerprint density at radius 3 is 2.74 bits per heavy atom. The number of carbonyl (C=O) groups is 1. The minimum atomic E-state index is -0.528. The van der Waals surface area contributed by atoms with Gasteiger partial charge < -0.3 is 30.4 Å². The summed E-state index contributed by atoms with van der Waals surface area (Å²) in [6.07, 6.45) is 3.04. The van der Waals surface area contributed by atoms with Crippen LogP contribution in [0.25, 0.3) is 21.9 Å². The van der Waals surface area contributed by atoms with Gasteiger partial charge in [0.25, 0.3) is 0 Å². The third-order valence-electron chi connectivity index (χ3n) is 5.89. The predicted molar refractivity (Wildman–Crippen MR) is 123 cm³/mol. The van der Waals surface area contributed by atoms with Crippen molar-refractivity contribution < 1.29 is 18.7 Å². The van der Waals surface area contributed by atoms with Gasteiger partial charge in [0, 0.05) is 31.6 Å². The van der Waals surface area contributed by atoms with E-state index in [2.05, 4.69) is 30.2 Å². The zero-order chi connectivity index (χ0) is 24.0. The Morgan fingerprint density at radius 1 is 1.26 bits per heavy atom. The number of rotatable bonds is 5. The van der Waals surface area contributed by atoms with Crippen molar-refractivity contribution >= 4 is 39.4 Å². The van der Waals surface area contributed by atoms with E-state index >= 15 is 0 Å². The van der Waals surface area contributed by atoms with Crippen molar-refractivity contribution in [3.63, 3.8) is 0 Å². The highest BCUT2D eigenvalue weighted by molar-refractivity contribution is 6.14. The molecule has 1 aliphatic rings. The molecule has 0 spiro atoms. The Balaban J connectivity index is 1.68. The summed E-state index contributed by atoms with van der Waals surface area (Å²) in [5.41, 5.74) is 7.93. The number of methoxy groups -OCH3 is 1. The van der Waals surface area contributed by atoms with Gasteiger partial charge in [-0.25, -0.2) is 14.4 Å². The quantitative estimate of drug-likeness (QED) is 0.374. The summed E-state index contributed by atoms with van der Waals surface area (Å²) in [7, 11) is 3.04. The van der Waals surface area contributed by atoms with E-state index in [9.17, 15) is 9.18 Å². The molecule has 0 aliphatic carbocycles. The van der Waals surface area contributed by atoms with Crippen molar-refractivity contribution in [1.29, 1.82) is 0 Å². The summed E-state index contributed by atoms with van der Waals surface area (Å²) < 4.78 is 25.2. The number of hydrogen-bond donors (Lipinski definition) is 3. The standard InChI is InChI=1S/C22H23FN8O3/c1-10-26-6-12(7-27-10)34-22-29-19-17(13-4-11(23)5-16(25-2)18(13)28-19)20(30-22)31-8-14(15(24)9-31)21(32)33-3/h4-7,14-15,25H,8-9,24H2,1-3H3,(H,28,29,30). The molecule has 4 aromatic rings. The van der Waals surface area contributed by atoms with Gasteiger partial charge in [-0.15, -0.1) is 0 Å². The number of aromatic amines is 1. The molecule has 12 heteroatoms. The van der Waals surface area contributed by atoms with Gasteiger partial charge in [-0.05, 0) is 19.1 Å². The van der Waals surface area contributed by atoms with Crippen LogP contribution >= 0.6 is 0 Å². The van der Waals surface area contributed by atoms with Gasteiger partial charge in [0.2, 0.25) is 0 Å². The van der Waals surface area contributed by atoms with Crippen molar-refractivity contribution in [1.82, 2.24) is 24.9 Å². The van der Waals surface area contributed by atoms with E-state index in [-0.39, 0.29) is 12.6 Å². The van der Waals surface area contributed by atoms with Crippen molar-refractivity contribution in [2.75, 3.05) is 37.5 Å². The first kappa shape index (κ1) is 21.8. The van der Waals surface area contributed by atoms with Crippen LogP contribution in [-0.2, 0) is 9.53 Å². The normalized spacial score (nSPS) is 18.0. The Labute approximate surface area is 193 Å². The Kier molecular flexibility index (Phi) is 5.36. The van der Waals surface area contributed by atoms with Gasteiger partial charge in [0.15, 0.2) is 5.75 Å². The number of hydrogen-bond acceptors (Lipinski definition) is 10. The maximum absolute atomic E-state index is 14.4. The minimum Gasteiger partial charge on any atom is -0.469 e. The number of carbonyl (C=O) groups excluding carboxylic acids is 1. The largest absolute Gasteiger partial charge is 0.469 e. The fraction of sp³-hybridized carbons (Fsp3) is 0.318. The molecule has 11 nitrogen and oxygen atoms in total. The van der Waals surface area contributed by atoms with Crippen LogP contribution in [0.3, 0.4) is 0 Å². The molecule has 1 aliphatic heterocycles. The van der Waals surface area contributed by atoms with Gasteiger partial charge in [-0.3, -0.25) is 4.79 Å². The van der Waals surface area contributed by atoms with Crippen LogP contribution in [0.4, 0.5) is 15.9 Å². The van der Waals surface area contributed by atoms with Crippen LogP contribution in [0.15, 0.2) is 24.5 Å². The summed E-state index contributed by atoms with van der Waals surface area (Å²) >= 11 is 0. The van der Waals surface area contributed by atoms with Crippen LogP contribution in [0.1, 0.15) is 5.82 Å². The maximum atomic E-state index is 14.4. The van der Waals surface area contributed by atoms with Crippen LogP contribution in [-0.4, -0.2) is 64.2 Å². The summed E-state index contributed by atoms with van der Waals surface area (Å²) in [4.78, 5) is 34.7. The van der Waals surface area contributed by atoms with E-state index < -0.39 is 23.7 Å². The second-order valence-corrected chi connectivity index (χ2v) is 8.07. The molecule has 4 heterocycles. The minimum absolute atomic E-state index is 0.0445. The zero-order valence-electron chi connectivity index (χ0n) is 18.8. The lowest BCUT2D eigenvalue weighted by Gasteiger charge is -2.19. The average Bonchev–Trinajstić information content (AvgIpc) is 3.39. The first-order valence-corrected chi connectivity index (χ1v) is 10.6. The highest BCUT2D eigenvalue weighted by Gasteiger charge is 2.38. The van der Waals surface area contributed by atoms with Gasteiger partial charge in [-0.2, -0.15) is 9.97 Å². The molecule has 1 fully saturated rings. The number of nitrogens with two attached hydrogens (primary N) is 1. The monoisotopic (exact) mass is 466 g/mol. The number of nitrogens with one attached hydrogen (secondary N) is 2. The van der Waals surface area contributed by atoms with Crippen LogP contribution in [0.2, 0.25) is 0 Å². The summed E-state index contributed by atoms with van der Waals surface area (Å²) in [5, 5.41) is 4.18. The highest BCUT2D eigenvalue weighted by atomic mass is 19.1. The molecular formula is C22H23FN8O3. The van der Waals surface area contributed by atoms with E-state index in [0.717, 1.165) is 0 Å². The SMILES string of the molecule is CNc1cc(F)cc2c1[nH]c1nc(Oc3cnc(C)nc3)nc(N3CC(N)C(C(=O)OC)C3)c12. The number of benzene rings is 1. The Hall–Kier alpha value is -4.06. The summed E-state index contributed by atoms with van der Waals surface area (Å²) in [6, 6.07) is 2.40. The molecule has 1 aromatic carbocycles. The van der Waals surface area contributed by atoms with Crippen molar-refractivity contribution in [2.24, 2.45) is 11.7 Å². The molecule has 34 heavy (non-hydrogen) atoms. The third kappa shape index (κ3) is 3.71. The molecule has 1 saturated heterocycles. The fourth-order valence-corrected chi connectivity index (χ4v) is 4.24. The van der Waals surface area contributed by atoms with Crippen LogP contribution in [0, 0.1) is 18.7 Å². The van der Waals surface area contributed by atoms with E-state index in [4.69, 9.17) is 15.2 Å². The number of esters is 1. The van der Waals surface area contributed by atoms with E-state index in [1.165, 1.54) is 31.6 Å². The zero-order valence-corrected chi connectivity index (χ0v) is 18.8. The fourth-order valence-electron chi connectivity index (χ4n) is 4.24. The van der Waals surface area contributed by atoms with Gasteiger partial charge in [-0.1, -0.05) is 0 Å². The number of aromatic nitrogens is 5. The third-order valence-corrected chi connectivity index (χ3v) is 5.89. The second-order valence-electron chi connectivity index (χ2n) is 8.07.